The zero-order valence-electron chi connectivity index (χ0n) is 12.7. The number of nitrogens with zero attached hydrogens (tertiary/aromatic N) is 1. The van der Waals surface area contributed by atoms with Crippen LogP contribution in [0.15, 0.2) is 0 Å². The molecule has 0 aromatic carbocycles. The van der Waals surface area contributed by atoms with Crippen molar-refractivity contribution in [1.29, 1.82) is 0 Å². The van der Waals surface area contributed by atoms with Gasteiger partial charge >= 0.3 is 0 Å². The lowest BCUT2D eigenvalue weighted by atomic mass is 9.97. The minimum Gasteiger partial charge on any atom is -0.396 e. The summed E-state index contributed by atoms with van der Waals surface area (Å²) in [7, 11) is 0. The largest absolute Gasteiger partial charge is 0.396 e. The van der Waals surface area contributed by atoms with Crippen LogP contribution in [-0.4, -0.2) is 47.8 Å². The van der Waals surface area contributed by atoms with Crippen LogP contribution in [0.1, 0.15) is 58.3 Å². The van der Waals surface area contributed by atoms with Crippen molar-refractivity contribution < 1.29 is 14.6 Å². The average Bonchev–Trinajstić information content (AvgIpc) is 2.53. The molecule has 0 spiro atoms. The Morgan fingerprint density at radius 3 is 2.65 bits per heavy atom. The predicted octanol–water partition coefficient (Wildman–Crippen LogP) is 2.35. The van der Waals surface area contributed by atoms with Gasteiger partial charge in [-0.2, -0.15) is 0 Å². The van der Waals surface area contributed by atoms with Crippen molar-refractivity contribution >= 4 is 5.91 Å². The maximum Gasteiger partial charge on any atom is 0.251 e. The van der Waals surface area contributed by atoms with Crippen molar-refractivity contribution in [3.63, 3.8) is 0 Å². The summed E-state index contributed by atoms with van der Waals surface area (Å²) in [5.41, 5.74) is 0. The molecule has 2 fully saturated rings. The molecule has 2 aliphatic rings. The highest BCUT2D eigenvalue weighted by molar-refractivity contribution is 5.81. The van der Waals surface area contributed by atoms with Gasteiger partial charge in [0, 0.05) is 19.7 Å². The van der Waals surface area contributed by atoms with E-state index < -0.39 is 0 Å². The number of carbonyl (C=O) groups excluding carboxylic acids is 1. The second-order valence-corrected chi connectivity index (χ2v) is 6.27. The van der Waals surface area contributed by atoms with Gasteiger partial charge in [0.2, 0.25) is 0 Å². The Morgan fingerprint density at radius 1 is 1.25 bits per heavy atom. The van der Waals surface area contributed by atoms with E-state index in [2.05, 4.69) is 0 Å². The van der Waals surface area contributed by atoms with Crippen LogP contribution >= 0.6 is 0 Å². The van der Waals surface area contributed by atoms with Gasteiger partial charge in [-0.15, -0.1) is 0 Å². The monoisotopic (exact) mass is 283 g/mol. The SMILES string of the molecule is CCC(OC1CCCCC1)C(=O)N1CCCC(CO)C1. The Bertz CT molecular complexity index is 302. The van der Waals surface area contributed by atoms with Crippen molar-refractivity contribution in [3.8, 4) is 0 Å². The molecule has 0 radical (unpaired) electrons. The highest BCUT2D eigenvalue weighted by atomic mass is 16.5. The first-order valence-corrected chi connectivity index (χ1v) is 8.29. The minimum absolute atomic E-state index is 0.135. The first-order valence-electron chi connectivity index (χ1n) is 8.29. The number of aliphatic hydroxyl groups excluding tert-OH is 1. The quantitative estimate of drug-likeness (QED) is 0.842. The highest BCUT2D eigenvalue weighted by Crippen LogP contribution is 2.24. The maximum absolute atomic E-state index is 12.6. The number of amides is 1. The van der Waals surface area contributed by atoms with Crippen LogP contribution in [-0.2, 0) is 9.53 Å². The lowest BCUT2D eigenvalue weighted by Crippen LogP contribution is -2.47. The predicted molar refractivity (Wildman–Crippen MR) is 78.4 cm³/mol. The fourth-order valence-corrected chi connectivity index (χ4v) is 3.38. The molecule has 1 aliphatic heterocycles. The topological polar surface area (TPSA) is 49.8 Å². The van der Waals surface area contributed by atoms with Gasteiger partial charge in [0.05, 0.1) is 6.10 Å². The number of aliphatic hydroxyl groups is 1. The summed E-state index contributed by atoms with van der Waals surface area (Å²) in [6.07, 6.45) is 8.72. The Hall–Kier alpha value is -0.610. The third-order valence-electron chi connectivity index (χ3n) is 4.64. The fraction of sp³-hybridized carbons (Fsp3) is 0.938. The number of carbonyl (C=O) groups is 1. The molecule has 1 heterocycles. The van der Waals surface area contributed by atoms with Gasteiger partial charge in [0.1, 0.15) is 6.10 Å². The van der Waals surface area contributed by atoms with Crippen molar-refractivity contribution in [2.45, 2.75) is 70.5 Å². The average molecular weight is 283 g/mol. The third-order valence-corrected chi connectivity index (χ3v) is 4.64. The highest BCUT2D eigenvalue weighted by Gasteiger charge is 2.30. The molecule has 1 amide bonds. The first-order chi connectivity index (χ1) is 9.74. The standard InChI is InChI=1S/C16H29NO3/c1-2-15(20-14-8-4-3-5-9-14)16(19)17-10-6-7-13(11-17)12-18/h13-15,18H,2-12H2,1H3. The van der Waals surface area contributed by atoms with Gasteiger partial charge in [-0.25, -0.2) is 0 Å². The van der Waals surface area contributed by atoms with E-state index in [-0.39, 0.29) is 30.6 Å². The fourth-order valence-electron chi connectivity index (χ4n) is 3.38. The molecular formula is C16H29NO3. The molecule has 116 valence electrons. The van der Waals surface area contributed by atoms with Crippen molar-refractivity contribution in [2.75, 3.05) is 19.7 Å². The second-order valence-electron chi connectivity index (χ2n) is 6.27. The Balaban J connectivity index is 1.87. The molecule has 0 bridgehead atoms. The molecule has 0 aromatic heterocycles. The minimum atomic E-state index is -0.282. The van der Waals surface area contributed by atoms with Gasteiger partial charge in [-0.05, 0) is 38.0 Å². The zero-order chi connectivity index (χ0) is 14.4. The zero-order valence-corrected chi connectivity index (χ0v) is 12.7. The molecule has 4 heteroatoms. The summed E-state index contributed by atoms with van der Waals surface area (Å²) in [6, 6.07) is 0. The van der Waals surface area contributed by atoms with Crippen LogP contribution in [0.3, 0.4) is 0 Å². The van der Waals surface area contributed by atoms with E-state index in [4.69, 9.17) is 4.74 Å². The maximum atomic E-state index is 12.6. The summed E-state index contributed by atoms with van der Waals surface area (Å²) >= 11 is 0. The Labute approximate surface area is 122 Å². The number of piperidine rings is 1. The summed E-state index contributed by atoms with van der Waals surface area (Å²) in [4.78, 5) is 14.5. The van der Waals surface area contributed by atoms with E-state index >= 15 is 0 Å². The summed E-state index contributed by atoms with van der Waals surface area (Å²) in [5.74, 6) is 0.385. The molecule has 2 unspecified atom stereocenters. The van der Waals surface area contributed by atoms with Gasteiger partial charge < -0.3 is 14.7 Å². The van der Waals surface area contributed by atoms with E-state index in [9.17, 15) is 9.90 Å². The molecule has 20 heavy (non-hydrogen) atoms. The van der Waals surface area contributed by atoms with Gasteiger partial charge in [-0.3, -0.25) is 4.79 Å². The van der Waals surface area contributed by atoms with E-state index in [1.807, 2.05) is 11.8 Å². The lowest BCUT2D eigenvalue weighted by Gasteiger charge is -2.35. The Morgan fingerprint density at radius 2 is 2.00 bits per heavy atom. The first kappa shape index (κ1) is 15.8. The third kappa shape index (κ3) is 4.19. The van der Waals surface area contributed by atoms with Gasteiger partial charge in [0.25, 0.3) is 5.91 Å². The van der Waals surface area contributed by atoms with E-state index in [0.29, 0.717) is 6.54 Å². The number of hydrogen-bond acceptors (Lipinski definition) is 3. The van der Waals surface area contributed by atoms with Crippen LogP contribution in [0.25, 0.3) is 0 Å². The van der Waals surface area contributed by atoms with Crippen LogP contribution in [0.5, 0.6) is 0 Å². The number of hydrogen-bond donors (Lipinski definition) is 1. The van der Waals surface area contributed by atoms with Gasteiger partial charge in [-0.1, -0.05) is 26.2 Å². The van der Waals surface area contributed by atoms with Crippen molar-refractivity contribution in [2.24, 2.45) is 5.92 Å². The van der Waals surface area contributed by atoms with Crippen LogP contribution in [0, 0.1) is 5.92 Å². The molecule has 4 nitrogen and oxygen atoms in total. The van der Waals surface area contributed by atoms with Crippen LogP contribution in [0.4, 0.5) is 0 Å². The molecule has 1 aliphatic carbocycles. The molecule has 2 rings (SSSR count). The second kappa shape index (κ2) is 7.99. The molecule has 1 saturated heterocycles. The van der Waals surface area contributed by atoms with E-state index in [0.717, 1.165) is 38.6 Å². The number of likely N-dealkylation sites (tertiary alicyclic amines) is 1. The number of ether oxygens (including phenoxy) is 1. The smallest absolute Gasteiger partial charge is 0.251 e. The molecule has 0 aromatic rings. The number of rotatable bonds is 5. The summed E-state index contributed by atoms with van der Waals surface area (Å²) in [5, 5.41) is 9.28. The van der Waals surface area contributed by atoms with E-state index in [1.165, 1.54) is 19.3 Å². The van der Waals surface area contributed by atoms with Crippen molar-refractivity contribution in [1.82, 2.24) is 4.90 Å². The molecule has 2 atom stereocenters. The lowest BCUT2D eigenvalue weighted by molar-refractivity contribution is -0.151. The molecular weight excluding hydrogens is 254 g/mol. The van der Waals surface area contributed by atoms with Crippen LogP contribution in [0.2, 0.25) is 0 Å². The summed E-state index contributed by atoms with van der Waals surface area (Å²) < 4.78 is 6.07. The summed E-state index contributed by atoms with van der Waals surface area (Å²) in [6.45, 7) is 3.72. The Kier molecular flexibility index (Phi) is 6.30. The molecule has 1 saturated carbocycles. The van der Waals surface area contributed by atoms with Gasteiger partial charge in [0.15, 0.2) is 0 Å². The van der Waals surface area contributed by atoms with Crippen molar-refractivity contribution in [3.05, 3.63) is 0 Å². The molecule has 1 N–H and O–H groups in total. The van der Waals surface area contributed by atoms with E-state index in [1.54, 1.807) is 0 Å². The normalized spacial score (nSPS) is 26.5. The van der Waals surface area contributed by atoms with Crippen LogP contribution < -0.4 is 0 Å².